The Balaban J connectivity index is 1.15. The van der Waals surface area contributed by atoms with Gasteiger partial charge in [0.15, 0.2) is 20.6 Å². The summed E-state index contributed by atoms with van der Waals surface area (Å²) in [4.78, 5) is 35.5. The Hall–Kier alpha value is -3.26. The van der Waals surface area contributed by atoms with Gasteiger partial charge in [0.1, 0.15) is 11.3 Å². The molecule has 39 heavy (non-hydrogen) atoms. The van der Waals surface area contributed by atoms with Crippen LogP contribution in [-0.4, -0.2) is 96.5 Å². The number of fused-ring (bicyclic) bond motifs is 1. The van der Waals surface area contributed by atoms with Gasteiger partial charge in [-0.2, -0.15) is 0 Å². The lowest BCUT2D eigenvalue weighted by atomic mass is 10.2. The summed E-state index contributed by atoms with van der Waals surface area (Å²) >= 11 is 8.03. The number of thiazole rings is 1. The lowest BCUT2D eigenvalue weighted by Crippen LogP contribution is -2.48. The lowest BCUT2D eigenvalue weighted by molar-refractivity contribution is -0.117. The first-order chi connectivity index (χ1) is 18.8. The van der Waals surface area contributed by atoms with Crippen molar-refractivity contribution in [3.8, 4) is 11.4 Å². The van der Waals surface area contributed by atoms with Gasteiger partial charge >= 0.3 is 0 Å². The molecule has 0 radical (unpaired) electrons. The van der Waals surface area contributed by atoms with Crippen molar-refractivity contribution in [1.82, 2.24) is 24.8 Å². The van der Waals surface area contributed by atoms with Crippen LogP contribution in [0.3, 0.4) is 0 Å². The number of amides is 1. The molecule has 2 fully saturated rings. The summed E-state index contributed by atoms with van der Waals surface area (Å²) in [6.07, 6.45) is 3.30. The summed E-state index contributed by atoms with van der Waals surface area (Å²) in [5.41, 5.74) is 4.11. The Bertz CT molecular complexity index is 1570. The van der Waals surface area contributed by atoms with Crippen LogP contribution in [0.5, 0.6) is 0 Å². The number of nitrogens with one attached hydrogen (secondary N) is 2. The molecular weight excluding hydrogens is 560 g/mol. The Morgan fingerprint density at radius 2 is 1.77 bits per heavy atom. The number of piperazine rings is 1. The van der Waals surface area contributed by atoms with E-state index < -0.39 is 9.84 Å². The molecule has 4 aromatic rings. The second-order valence-electron chi connectivity index (χ2n) is 9.57. The van der Waals surface area contributed by atoms with Crippen molar-refractivity contribution in [3.05, 3.63) is 47.1 Å². The standard InChI is InChI=1S/C25H27ClN8O3S2/c26-19-15-28-24-21(22(19)34-8-6-32(7-9-34)16-20(35)29-25-27-5-12-38-25)30-23(31-24)17-1-3-18(4-2-17)33-10-13-39(36,37)14-11-33/h1-5,12,15H,6-11,13-14,16H2,(H,27,29,35)(H,28,30,31). The van der Waals surface area contributed by atoms with Crippen molar-refractivity contribution in [2.75, 3.05) is 72.4 Å². The van der Waals surface area contributed by atoms with Crippen molar-refractivity contribution in [2.45, 2.75) is 0 Å². The Morgan fingerprint density at radius 3 is 2.46 bits per heavy atom. The minimum absolute atomic E-state index is 0.0720. The smallest absolute Gasteiger partial charge is 0.240 e. The molecule has 0 saturated carbocycles. The third-order valence-corrected chi connectivity index (χ3v) is 9.61. The van der Waals surface area contributed by atoms with Gasteiger partial charge in [-0.05, 0) is 24.3 Å². The highest BCUT2D eigenvalue weighted by Gasteiger charge is 2.25. The molecule has 0 atom stereocenters. The molecule has 2 N–H and O–H groups in total. The number of pyridine rings is 1. The number of rotatable bonds is 6. The highest BCUT2D eigenvalue weighted by atomic mass is 35.5. The van der Waals surface area contributed by atoms with Gasteiger partial charge in [0.25, 0.3) is 0 Å². The number of carbonyl (C=O) groups excluding carboxylic acids is 1. The van der Waals surface area contributed by atoms with E-state index in [0.717, 1.165) is 22.5 Å². The topological polar surface area (TPSA) is 127 Å². The van der Waals surface area contributed by atoms with E-state index in [4.69, 9.17) is 16.6 Å². The summed E-state index contributed by atoms with van der Waals surface area (Å²) in [5.74, 6) is 0.979. The quantitative estimate of drug-likeness (QED) is 0.350. The van der Waals surface area contributed by atoms with Crippen LogP contribution < -0.4 is 15.1 Å². The summed E-state index contributed by atoms with van der Waals surface area (Å²) in [5, 5.41) is 5.81. The van der Waals surface area contributed by atoms with Gasteiger partial charge in [0.05, 0.1) is 35.0 Å². The maximum absolute atomic E-state index is 12.4. The summed E-state index contributed by atoms with van der Waals surface area (Å²) in [6, 6.07) is 7.94. The first-order valence-corrected chi connectivity index (χ1v) is 15.7. The van der Waals surface area contributed by atoms with Gasteiger partial charge in [0.2, 0.25) is 5.91 Å². The van der Waals surface area contributed by atoms with Gasteiger partial charge in [-0.1, -0.05) is 11.6 Å². The van der Waals surface area contributed by atoms with Gasteiger partial charge in [0, 0.05) is 62.1 Å². The first-order valence-electron chi connectivity index (χ1n) is 12.6. The number of imidazole rings is 1. The third-order valence-electron chi connectivity index (χ3n) is 7.03. The number of anilines is 3. The molecule has 3 aromatic heterocycles. The molecule has 5 heterocycles. The van der Waals surface area contributed by atoms with Gasteiger partial charge < -0.3 is 20.1 Å². The van der Waals surface area contributed by atoms with Crippen LogP contribution in [0.4, 0.5) is 16.5 Å². The molecule has 0 unspecified atom stereocenters. The Kier molecular flexibility index (Phi) is 7.14. The van der Waals surface area contributed by atoms with Crippen LogP contribution in [0.1, 0.15) is 0 Å². The van der Waals surface area contributed by atoms with Crippen molar-refractivity contribution >= 4 is 66.4 Å². The molecule has 2 aliphatic rings. The first kappa shape index (κ1) is 26.0. The predicted molar refractivity (Wildman–Crippen MR) is 155 cm³/mol. The van der Waals surface area contributed by atoms with Crippen LogP contribution >= 0.6 is 22.9 Å². The minimum atomic E-state index is -2.93. The minimum Gasteiger partial charge on any atom is -0.369 e. The third kappa shape index (κ3) is 5.71. The molecule has 0 spiro atoms. The van der Waals surface area contributed by atoms with Gasteiger partial charge in [-0.25, -0.2) is 23.4 Å². The predicted octanol–water partition coefficient (Wildman–Crippen LogP) is 2.73. The zero-order valence-corrected chi connectivity index (χ0v) is 23.4. The number of nitrogens with zero attached hydrogens (tertiary/aromatic N) is 6. The number of aromatic amines is 1. The van der Waals surface area contributed by atoms with Crippen LogP contribution in [0.2, 0.25) is 5.02 Å². The van der Waals surface area contributed by atoms with Crippen LogP contribution in [-0.2, 0) is 14.6 Å². The van der Waals surface area contributed by atoms with E-state index in [-0.39, 0.29) is 17.4 Å². The molecule has 1 aromatic carbocycles. The fraction of sp³-hybridized carbons (Fsp3) is 0.360. The highest BCUT2D eigenvalue weighted by Crippen LogP contribution is 2.34. The van der Waals surface area contributed by atoms with E-state index in [9.17, 15) is 13.2 Å². The largest absolute Gasteiger partial charge is 0.369 e. The zero-order chi connectivity index (χ0) is 27.0. The molecule has 2 aliphatic heterocycles. The summed E-state index contributed by atoms with van der Waals surface area (Å²) in [7, 11) is -2.93. The number of hydrogen-bond acceptors (Lipinski definition) is 10. The van der Waals surface area contributed by atoms with E-state index in [1.165, 1.54) is 11.3 Å². The molecule has 0 aliphatic carbocycles. The van der Waals surface area contributed by atoms with E-state index in [0.29, 0.717) is 67.4 Å². The average Bonchev–Trinajstić information content (AvgIpc) is 3.59. The maximum Gasteiger partial charge on any atom is 0.240 e. The van der Waals surface area contributed by atoms with E-state index >= 15 is 0 Å². The molecular formula is C25H27ClN8O3S2. The number of sulfone groups is 1. The average molecular weight is 587 g/mol. The SMILES string of the molecule is O=C(CN1CCN(c2c(Cl)cnc3nc(-c4ccc(N5CCS(=O)(=O)CC5)cc4)[nH]c23)CC1)Nc1nccs1. The van der Waals surface area contributed by atoms with Crippen LogP contribution in [0, 0.1) is 0 Å². The Labute approximate surface area is 234 Å². The lowest BCUT2D eigenvalue weighted by Gasteiger charge is -2.36. The molecule has 6 rings (SSSR count). The number of H-pyrrole nitrogens is 1. The monoisotopic (exact) mass is 586 g/mol. The molecule has 1 amide bonds. The fourth-order valence-electron chi connectivity index (χ4n) is 4.94. The molecule has 0 bridgehead atoms. The van der Waals surface area contributed by atoms with Gasteiger partial charge in [-0.3, -0.25) is 9.69 Å². The second kappa shape index (κ2) is 10.7. The number of aromatic nitrogens is 4. The van der Waals surface area contributed by atoms with Crippen molar-refractivity contribution < 1.29 is 13.2 Å². The summed E-state index contributed by atoms with van der Waals surface area (Å²) in [6.45, 7) is 4.15. The van der Waals surface area contributed by atoms with Crippen molar-refractivity contribution in [2.24, 2.45) is 0 Å². The highest BCUT2D eigenvalue weighted by molar-refractivity contribution is 7.91. The maximum atomic E-state index is 12.4. The number of halogens is 1. The van der Waals surface area contributed by atoms with Crippen LogP contribution in [0.15, 0.2) is 42.0 Å². The summed E-state index contributed by atoms with van der Waals surface area (Å²) < 4.78 is 23.5. The van der Waals surface area contributed by atoms with Crippen molar-refractivity contribution in [1.29, 1.82) is 0 Å². The fourth-order valence-corrected chi connectivity index (χ4v) is 6.95. The van der Waals surface area contributed by atoms with Crippen LogP contribution in [0.25, 0.3) is 22.6 Å². The molecule has 14 heteroatoms. The van der Waals surface area contributed by atoms with E-state index in [1.807, 2.05) is 29.6 Å². The molecule has 2 saturated heterocycles. The Morgan fingerprint density at radius 1 is 1.03 bits per heavy atom. The molecule has 204 valence electrons. The second-order valence-corrected chi connectivity index (χ2v) is 13.2. The van der Waals surface area contributed by atoms with Gasteiger partial charge in [-0.15, -0.1) is 11.3 Å². The number of benzene rings is 1. The van der Waals surface area contributed by atoms with E-state index in [1.54, 1.807) is 12.4 Å². The number of hydrogen-bond donors (Lipinski definition) is 2. The number of carbonyl (C=O) groups is 1. The molecule has 11 nitrogen and oxygen atoms in total. The van der Waals surface area contributed by atoms with Crippen molar-refractivity contribution in [3.63, 3.8) is 0 Å². The zero-order valence-electron chi connectivity index (χ0n) is 21.0. The van der Waals surface area contributed by atoms with E-state index in [2.05, 4.69) is 35.0 Å². The normalized spacial score (nSPS) is 18.0.